The average molecular weight is 637 g/mol. The molecule has 1 saturated carbocycles. The van der Waals surface area contributed by atoms with Crippen molar-refractivity contribution < 1.29 is 19.4 Å². The van der Waals surface area contributed by atoms with Crippen LogP contribution < -0.4 is 20.7 Å². The van der Waals surface area contributed by atoms with Crippen LogP contribution >= 0.6 is 12.2 Å². The van der Waals surface area contributed by atoms with Crippen molar-refractivity contribution in [2.24, 2.45) is 15.8 Å². The highest BCUT2D eigenvalue weighted by atomic mass is 32.1. The number of hydrogen-bond donors (Lipinski definition) is 4. The molecular weight excluding hydrogens is 584 g/mol. The Labute approximate surface area is 274 Å². The number of rotatable bonds is 8. The van der Waals surface area contributed by atoms with Crippen molar-refractivity contribution in [3.8, 4) is 11.5 Å². The van der Waals surface area contributed by atoms with E-state index in [1.807, 2.05) is 71.9 Å². The van der Waals surface area contributed by atoms with Crippen LogP contribution in [0.4, 0.5) is 0 Å². The maximum Gasteiger partial charge on any atom is 0.316 e. The van der Waals surface area contributed by atoms with Gasteiger partial charge < -0.3 is 25.8 Å². The smallest absolute Gasteiger partial charge is 0.316 e. The van der Waals surface area contributed by atoms with E-state index in [1.165, 1.54) is 0 Å². The quantitative estimate of drug-likeness (QED) is 0.112. The molecule has 0 bridgehead atoms. The molecule has 9 heteroatoms. The lowest BCUT2D eigenvalue weighted by Gasteiger charge is -2.34. The highest BCUT2D eigenvalue weighted by molar-refractivity contribution is 7.80. The van der Waals surface area contributed by atoms with Crippen LogP contribution in [0.3, 0.4) is 0 Å². The number of aromatic hydroxyl groups is 1. The topological polar surface area (TPSA) is 112 Å². The van der Waals surface area contributed by atoms with Gasteiger partial charge >= 0.3 is 5.97 Å². The summed E-state index contributed by atoms with van der Waals surface area (Å²) in [5.74, 6) is 0.0251. The highest BCUT2D eigenvalue weighted by Gasteiger charge is 2.33. The molecule has 1 aliphatic rings. The zero-order valence-corrected chi connectivity index (χ0v) is 29.2. The number of ether oxygens (including phenoxy) is 1. The molecule has 3 atom stereocenters. The van der Waals surface area contributed by atoms with Crippen molar-refractivity contribution in [1.29, 1.82) is 0 Å². The van der Waals surface area contributed by atoms with Crippen molar-refractivity contribution in [1.82, 2.24) is 16.0 Å². The summed E-state index contributed by atoms with van der Waals surface area (Å²) in [7, 11) is 0. The van der Waals surface area contributed by atoms with Crippen LogP contribution in [0.5, 0.6) is 11.5 Å². The van der Waals surface area contributed by atoms with Gasteiger partial charge in [-0.1, -0.05) is 84.7 Å². The maximum absolute atomic E-state index is 13.3. The van der Waals surface area contributed by atoms with Crippen molar-refractivity contribution in [3.63, 3.8) is 0 Å². The Balaban J connectivity index is 1.77. The first-order valence-electron chi connectivity index (χ1n) is 15.9. The zero-order valence-electron chi connectivity index (χ0n) is 28.4. The molecule has 0 spiro atoms. The van der Waals surface area contributed by atoms with Gasteiger partial charge in [0.1, 0.15) is 17.5 Å². The SMILES string of the molecule is CC(C)(C)C(=O)Oc1cc(C=N[C@@H]2CCCC[C@H]2NC(=S)N[C@H](C(=O)NCc2ccccc2)C(C)(C)C)c(O)c(C(C)(C)C)c1. The van der Waals surface area contributed by atoms with Gasteiger partial charge in [-0.15, -0.1) is 0 Å². The predicted molar refractivity (Wildman–Crippen MR) is 186 cm³/mol. The number of benzene rings is 2. The number of amides is 1. The lowest BCUT2D eigenvalue weighted by Crippen LogP contribution is -2.58. The minimum absolute atomic E-state index is 0.0471. The van der Waals surface area contributed by atoms with E-state index in [4.69, 9.17) is 21.9 Å². The first kappa shape index (κ1) is 36.0. The van der Waals surface area contributed by atoms with Gasteiger partial charge in [-0.2, -0.15) is 0 Å². The average Bonchev–Trinajstić information content (AvgIpc) is 2.94. The molecule has 0 aromatic heterocycles. The van der Waals surface area contributed by atoms with Crippen LogP contribution in [0.1, 0.15) is 105 Å². The lowest BCUT2D eigenvalue weighted by molar-refractivity contribution is -0.143. The number of nitrogens with one attached hydrogen (secondary N) is 3. The molecule has 0 aliphatic heterocycles. The maximum atomic E-state index is 13.3. The number of phenolic OH excluding ortho intramolecular Hbond substituents is 1. The van der Waals surface area contributed by atoms with Gasteiger partial charge in [0, 0.05) is 23.9 Å². The molecule has 0 radical (unpaired) electrons. The van der Waals surface area contributed by atoms with Crippen LogP contribution in [-0.2, 0) is 21.5 Å². The summed E-state index contributed by atoms with van der Waals surface area (Å²) in [5, 5.41) is 21.4. The second-order valence-corrected chi connectivity index (χ2v) is 15.6. The number of esters is 1. The first-order chi connectivity index (χ1) is 20.9. The minimum atomic E-state index is -0.671. The summed E-state index contributed by atoms with van der Waals surface area (Å²) in [6.45, 7) is 17.9. The molecule has 1 fully saturated rings. The van der Waals surface area contributed by atoms with Gasteiger partial charge in [0.25, 0.3) is 0 Å². The van der Waals surface area contributed by atoms with Gasteiger partial charge in [-0.25, -0.2) is 0 Å². The second-order valence-electron chi connectivity index (χ2n) is 15.2. The number of nitrogens with zero attached hydrogens (tertiary/aromatic N) is 1. The molecule has 0 unspecified atom stereocenters. The molecular formula is C36H52N4O4S. The summed E-state index contributed by atoms with van der Waals surface area (Å²) in [6.07, 6.45) is 5.45. The van der Waals surface area contributed by atoms with E-state index < -0.39 is 11.5 Å². The molecule has 1 aliphatic carbocycles. The third-order valence-corrected chi connectivity index (χ3v) is 8.14. The van der Waals surface area contributed by atoms with Crippen molar-refractivity contribution in [2.45, 2.75) is 118 Å². The van der Waals surface area contributed by atoms with Gasteiger partial charge in [0.2, 0.25) is 5.91 Å². The van der Waals surface area contributed by atoms with Crippen LogP contribution in [0.15, 0.2) is 47.5 Å². The van der Waals surface area contributed by atoms with E-state index in [-0.39, 0.29) is 40.5 Å². The minimum Gasteiger partial charge on any atom is -0.507 e. The second kappa shape index (κ2) is 14.8. The van der Waals surface area contributed by atoms with Crippen LogP contribution in [-0.4, -0.2) is 46.4 Å². The Hall–Kier alpha value is -3.46. The molecule has 8 nitrogen and oxygen atoms in total. The molecule has 246 valence electrons. The van der Waals surface area contributed by atoms with E-state index in [2.05, 4.69) is 16.0 Å². The Morgan fingerprint density at radius 1 is 1.02 bits per heavy atom. The normalized spacial score (nSPS) is 18.2. The Kier molecular flexibility index (Phi) is 11.8. The molecule has 0 heterocycles. The van der Waals surface area contributed by atoms with Crippen molar-refractivity contribution >= 4 is 35.4 Å². The molecule has 3 rings (SSSR count). The van der Waals surface area contributed by atoms with Gasteiger partial charge in [-0.05, 0) is 74.4 Å². The fourth-order valence-corrected chi connectivity index (χ4v) is 5.43. The van der Waals surface area contributed by atoms with Gasteiger partial charge in [0.15, 0.2) is 5.11 Å². The van der Waals surface area contributed by atoms with E-state index in [0.717, 1.165) is 31.2 Å². The third kappa shape index (κ3) is 10.6. The number of carbonyl (C=O) groups excluding carboxylic acids is 2. The summed E-state index contributed by atoms with van der Waals surface area (Å²) in [5.41, 5.74) is 0.746. The van der Waals surface area contributed by atoms with Gasteiger partial charge in [0.05, 0.1) is 17.5 Å². The Morgan fingerprint density at radius 3 is 2.27 bits per heavy atom. The fourth-order valence-electron chi connectivity index (χ4n) is 5.16. The molecule has 2 aromatic rings. The standard InChI is InChI=1S/C36H52N4O4S/c1-34(2,3)26-20-25(44-32(43)36(7,8)9)19-24(29(26)41)22-37-27-17-13-14-18-28(27)39-33(45)40-30(35(4,5)6)31(42)38-21-23-15-11-10-12-16-23/h10-12,15-16,19-20,22,27-28,30,41H,13-14,17-18,21H2,1-9H3,(H,38,42)(H2,39,40,45)/t27-,28-,30-/m1/s1. The lowest BCUT2D eigenvalue weighted by atomic mass is 9.85. The fraction of sp³-hybridized carbons (Fsp3) is 0.556. The highest BCUT2D eigenvalue weighted by Crippen LogP contribution is 2.37. The molecule has 2 aromatic carbocycles. The van der Waals surface area contributed by atoms with Crippen LogP contribution in [0.2, 0.25) is 0 Å². The summed E-state index contributed by atoms with van der Waals surface area (Å²) >= 11 is 5.73. The van der Waals surface area contributed by atoms with Crippen molar-refractivity contribution in [2.75, 3.05) is 0 Å². The molecule has 1 amide bonds. The molecule has 0 saturated heterocycles. The monoisotopic (exact) mass is 636 g/mol. The number of phenols is 1. The predicted octanol–water partition coefficient (Wildman–Crippen LogP) is 6.57. The number of aliphatic imine (C=N–C) groups is 1. The van der Waals surface area contributed by atoms with E-state index in [9.17, 15) is 14.7 Å². The molecule has 4 N–H and O–H groups in total. The van der Waals surface area contributed by atoms with Crippen LogP contribution in [0.25, 0.3) is 0 Å². The molecule has 45 heavy (non-hydrogen) atoms. The summed E-state index contributed by atoms with van der Waals surface area (Å²) < 4.78 is 5.72. The van der Waals surface area contributed by atoms with E-state index in [1.54, 1.807) is 39.1 Å². The van der Waals surface area contributed by atoms with Gasteiger partial charge in [-0.3, -0.25) is 14.6 Å². The van der Waals surface area contributed by atoms with E-state index in [0.29, 0.717) is 28.5 Å². The summed E-state index contributed by atoms with van der Waals surface area (Å²) in [4.78, 5) is 30.8. The number of thiocarbonyl (C=S) groups is 1. The Morgan fingerprint density at radius 2 is 1.67 bits per heavy atom. The largest absolute Gasteiger partial charge is 0.507 e. The first-order valence-corrected chi connectivity index (χ1v) is 16.3. The van der Waals surface area contributed by atoms with Crippen LogP contribution in [0, 0.1) is 10.8 Å². The number of hydrogen-bond acceptors (Lipinski definition) is 6. The van der Waals surface area contributed by atoms with E-state index >= 15 is 0 Å². The third-order valence-electron chi connectivity index (χ3n) is 7.91. The zero-order chi connectivity index (χ0) is 33.6. The summed E-state index contributed by atoms with van der Waals surface area (Å²) in [6, 6.07) is 12.5. The van der Waals surface area contributed by atoms with Crippen molar-refractivity contribution in [3.05, 3.63) is 59.2 Å². The number of carbonyl (C=O) groups is 2. The Bertz CT molecular complexity index is 1370.